The molecule has 0 spiro atoms. The first kappa shape index (κ1) is 22.6. The molecule has 4 rings (SSSR count). The number of carbonyl (C=O) groups excluding carboxylic acids is 3. The molecule has 168 valence electrons. The Morgan fingerprint density at radius 1 is 1.18 bits per heavy atom. The Balaban J connectivity index is 1.69. The van der Waals surface area contributed by atoms with E-state index in [2.05, 4.69) is 17.2 Å². The number of esters is 1. The Morgan fingerprint density at radius 3 is 2.39 bits per heavy atom. The number of β-lactam (4-membered cyclic amide) rings is 1. The lowest BCUT2D eigenvalue weighted by Gasteiger charge is -2.48. The molecule has 2 amide bonds. The van der Waals surface area contributed by atoms with Gasteiger partial charge >= 0.3 is 5.97 Å². The van der Waals surface area contributed by atoms with Crippen molar-refractivity contribution >= 4 is 30.0 Å². The summed E-state index contributed by atoms with van der Waals surface area (Å²) in [6.45, 7) is 0.194. The van der Waals surface area contributed by atoms with Crippen LogP contribution in [0.2, 0.25) is 0 Å². The maximum absolute atomic E-state index is 13.5. The first-order chi connectivity index (χ1) is 16.2. The third-order valence-corrected chi connectivity index (χ3v) is 6.57. The molecule has 0 saturated carbocycles. The molecular formula is C25H22N2O5S. The number of nitrogens with zero attached hydrogens (tertiary/aromatic N) is 1. The average molecular weight is 463 g/mol. The van der Waals surface area contributed by atoms with Gasteiger partial charge in [0.2, 0.25) is 6.41 Å². The molecule has 2 aromatic rings. The molecule has 2 heterocycles. The van der Waals surface area contributed by atoms with Crippen LogP contribution in [0.3, 0.4) is 0 Å². The fourth-order valence-electron chi connectivity index (χ4n) is 3.76. The number of benzene rings is 2. The van der Waals surface area contributed by atoms with Crippen LogP contribution in [0.25, 0.3) is 0 Å². The molecule has 1 fully saturated rings. The molecule has 0 aromatic heterocycles. The van der Waals surface area contributed by atoms with Gasteiger partial charge in [0.15, 0.2) is 6.10 Å². The standard InChI is InChI=1S/C25H22N2O5S/c1-31-14-8-13-19-15-33-24-20(26-16-28)23(29)27(24)21(19)25(30)32-22(17-9-4-2-5-10-17)18-11-6-3-7-12-18/h2-7,9-12,16,20,22,24H,14-15H2,1H3,(H,26,28)/t20-,24-/m1/s1. The molecule has 0 unspecified atom stereocenters. The summed E-state index contributed by atoms with van der Waals surface area (Å²) in [5, 5.41) is 2.14. The fraction of sp³-hybridized carbons (Fsp3) is 0.240. The van der Waals surface area contributed by atoms with Crippen molar-refractivity contribution in [1.29, 1.82) is 0 Å². The fourth-order valence-corrected chi connectivity index (χ4v) is 5.05. The molecule has 8 heteroatoms. The normalized spacial score (nSPS) is 19.2. The van der Waals surface area contributed by atoms with E-state index >= 15 is 0 Å². The summed E-state index contributed by atoms with van der Waals surface area (Å²) in [5.41, 5.74) is 2.23. The van der Waals surface area contributed by atoms with Crippen LogP contribution in [0.1, 0.15) is 17.2 Å². The topological polar surface area (TPSA) is 84.9 Å². The first-order valence-electron chi connectivity index (χ1n) is 10.3. The lowest BCUT2D eigenvalue weighted by atomic mass is 10.0. The van der Waals surface area contributed by atoms with Crippen LogP contribution in [-0.4, -0.2) is 54.1 Å². The average Bonchev–Trinajstić information content (AvgIpc) is 2.86. The number of ether oxygens (including phenoxy) is 2. The minimum absolute atomic E-state index is 0.119. The summed E-state index contributed by atoms with van der Waals surface area (Å²) in [6.07, 6.45) is -0.161. The Hall–Kier alpha value is -3.54. The van der Waals surface area contributed by atoms with Gasteiger partial charge in [-0.15, -0.1) is 11.8 Å². The lowest BCUT2D eigenvalue weighted by Crippen LogP contribution is -2.69. The molecule has 2 aliphatic rings. The molecule has 2 atom stereocenters. The van der Waals surface area contributed by atoms with Gasteiger partial charge in [-0.3, -0.25) is 14.5 Å². The molecule has 0 radical (unpaired) electrons. The van der Waals surface area contributed by atoms with Gasteiger partial charge in [-0.05, 0) is 11.1 Å². The van der Waals surface area contributed by atoms with Crippen molar-refractivity contribution in [2.75, 3.05) is 19.5 Å². The van der Waals surface area contributed by atoms with Gasteiger partial charge in [-0.25, -0.2) is 4.79 Å². The van der Waals surface area contributed by atoms with Gasteiger partial charge in [0.05, 0.1) is 0 Å². The number of hydrogen-bond donors (Lipinski definition) is 1. The minimum Gasteiger partial charge on any atom is -0.448 e. The zero-order valence-electron chi connectivity index (χ0n) is 17.9. The summed E-state index contributed by atoms with van der Waals surface area (Å²) in [4.78, 5) is 38.6. The van der Waals surface area contributed by atoms with Crippen LogP contribution in [0.15, 0.2) is 71.9 Å². The molecule has 33 heavy (non-hydrogen) atoms. The van der Waals surface area contributed by atoms with Crippen molar-refractivity contribution in [1.82, 2.24) is 10.2 Å². The quantitative estimate of drug-likeness (QED) is 0.294. The van der Waals surface area contributed by atoms with E-state index in [1.165, 1.54) is 23.8 Å². The second-order valence-corrected chi connectivity index (χ2v) is 8.45. The Labute approximate surface area is 196 Å². The van der Waals surface area contributed by atoms with Crippen LogP contribution in [0, 0.1) is 11.8 Å². The number of amides is 2. The van der Waals surface area contributed by atoms with Crippen molar-refractivity contribution in [2.45, 2.75) is 17.5 Å². The number of carbonyl (C=O) groups is 3. The highest BCUT2D eigenvalue weighted by molar-refractivity contribution is 8.00. The van der Waals surface area contributed by atoms with Crippen LogP contribution < -0.4 is 5.32 Å². The number of nitrogens with one attached hydrogen (secondary N) is 1. The molecule has 0 bridgehead atoms. The van der Waals surface area contributed by atoms with E-state index in [9.17, 15) is 14.4 Å². The highest BCUT2D eigenvalue weighted by Crippen LogP contribution is 2.41. The lowest BCUT2D eigenvalue weighted by molar-refractivity contribution is -0.154. The third-order valence-electron chi connectivity index (χ3n) is 5.29. The summed E-state index contributed by atoms with van der Waals surface area (Å²) < 4.78 is 11.0. The first-order valence-corrected chi connectivity index (χ1v) is 11.4. The van der Waals surface area contributed by atoms with Crippen LogP contribution in [0.5, 0.6) is 0 Å². The van der Waals surface area contributed by atoms with Crippen LogP contribution in [0.4, 0.5) is 0 Å². The monoisotopic (exact) mass is 462 g/mol. The van der Waals surface area contributed by atoms with Crippen LogP contribution in [-0.2, 0) is 23.9 Å². The number of thioether (sulfide) groups is 1. The zero-order valence-corrected chi connectivity index (χ0v) is 18.7. The van der Waals surface area contributed by atoms with Crippen molar-refractivity contribution in [2.24, 2.45) is 0 Å². The largest absolute Gasteiger partial charge is 0.448 e. The Morgan fingerprint density at radius 2 is 1.82 bits per heavy atom. The van der Waals surface area contributed by atoms with Gasteiger partial charge in [0.25, 0.3) is 5.91 Å². The van der Waals surface area contributed by atoms with Crippen molar-refractivity contribution in [3.05, 3.63) is 83.1 Å². The molecular weight excluding hydrogens is 440 g/mol. The van der Waals surface area contributed by atoms with E-state index in [1.54, 1.807) is 0 Å². The summed E-state index contributed by atoms with van der Waals surface area (Å²) in [6, 6.07) is 18.2. The van der Waals surface area contributed by atoms with E-state index in [0.717, 1.165) is 11.1 Å². The van der Waals surface area contributed by atoms with Crippen molar-refractivity contribution < 1.29 is 23.9 Å². The van der Waals surface area contributed by atoms with Gasteiger partial charge in [-0.1, -0.05) is 72.5 Å². The van der Waals surface area contributed by atoms with Gasteiger partial charge in [0, 0.05) is 18.4 Å². The Bertz CT molecular complexity index is 1080. The smallest absolute Gasteiger partial charge is 0.357 e. The van der Waals surface area contributed by atoms with Crippen LogP contribution >= 0.6 is 11.8 Å². The van der Waals surface area contributed by atoms with Gasteiger partial charge < -0.3 is 14.8 Å². The highest BCUT2D eigenvalue weighted by Gasteiger charge is 2.54. The molecule has 7 nitrogen and oxygen atoms in total. The maximum atomic E-state index is 13.5. The second kappa shape index (κ2) is 10.4. The zero-order chi connectivity index (χ0) is 23.2. The summed E-state index contributed by atoms with van der Waals surface area (Å²) in [7, 11) is 1.53. The summed E-state index contributed by atoms with van der Waals surface area (Å²) >= 11 is 1.44. The number of methoxy groups -OCH3 is 1. The van der Waals surface area contributed by atoms with Crippen molar-refractivity contribution in [3.8, 4) is 11.8 Å². The summed E-state index contributed by atoms with van der Waals surface area (Å²) in [5.74, 6) is 5.22. The van der Waals surface area contributed by atoms with E-state index in [1.807, 2.05) is 60.7 Å². The van der Waals surface area contributed by atoms with E-state index in [0.29, 0.717) is 17.7 Å². The molecule has 1 N–H and O–H groups in total. The molecule has 1 saturated heterocycles. The SMILES string of the molecule is COCC#CC1=C(C(=O)OC(c2ccccc2)c2ccccc2)N2C(=O)[C@@H](NC=O)[C@H]2SC1. The second-order valence-electron chi connectivity index (χ2n) is 7.34. The predicted octanol–water partition coefficient (Wildman–Crippen LogP) is 2.25. The molecule has 2 aromatic carbocycles. The van der Waals surface area contributed by atoms with Gasteiger partial charge in [-0.2, -0.15) is 0 Å². The predicted molar refractivity (Wildman–Crippen MR) is 124 cm³/mol. The molecule has 0 aliphatic carbocycles. The maximum Gasteiger partial charge on any atom is 0.357 e. The Kier molecular flexibility index (Phi) is 7.13. The number of fused-ring (bicyclic) bond motifs is 1. The number of hydrogen-bond acceptors (Lipinski definition) is 6. The highest BCUT2D eigenvalue weighted by atomic mass is 32.2. The number of rotatable bonds is 7. The van der Waals surface area contributed by atoms with E-state index in [-0.39, 0.29) is 23.6 Å². The van der Waals surface area contributed by atoms with E-state index in [4.69, 9.17) is 9.47 Å². The third kappa shape index (κ3) is 4.65. The van der Waals surface area contributed by atoms with E-state index < -0.39 is 18.1 Å². The molecule has 2 aliphatic heterocycles. The van der Waals surface area contributed by atoms with Gasteiger partial charge in [0.1, 0.15) is 23.7 Å². The minimum atomic E-state index is -0.678. The van der Waals surface area contributed by atoms with Crippen molar-refractivity contribution in [3.63, 3.8) is 0 Å².